The van der Waals surface area contributed by atoms with Gasteiger partial charge in [0.2, 0.25) is 0 Å². The number of hydrogen-bond acceptors (Lipinski definition) is 4. The summed E-state index contributed by atoms with van der Waals surface area (Å²) in [6, 6.07) is 0.00930. The monoisotopic (exact) mass is 229 g/mol. The van der Waals surface area contributed by atoms with Crippen LogP contribution < -0.4 is 10.6 Å². The van der Waals surface area contributed by atoms with Crippen molar-refractivity contribution in [3.8, 4) is 0 Å². The van der Waals surface area contributed by atoms with Gasteiger partial charge in [0.25, 0.3) is 0 Å². The van der Waals surface area contributed by atoms with Gasteiger partial charge in [0, 0.05) is 13.7 Å². The van der Waals surface area contributed by atoms with Gasteiger partial charge < -0.3 is 15.4 Å². The molecule has 6 nitrogen and oxygen atoms in total. The number of ether oxygens (including phenoxy) is 1. The number of methoxy groups -OCH3 is 1. The van der Waals surface area contributed by atoms with Gasteiger partial charge in [-0.05, 0) is 19.1 Å². The number of hydrogen-bond donors (Lipinski definition) is 3. The zero-order chi connectivity index (χ0) is 11.1. The Bertz CT molecular complexity index is 289. The molecule has 0 aliphatic carbocycles. The zero-order valence-electron chi connectivity index (χ0n) is 8.78. The molecule has 0 spiro atoms. The number of aromatic amines is 1. The Morgan fingerprint density at radius 3 is 3.13 bits per heavy atom. The molecule has 0 bridgehead atoms. The maximum Gasteiger partial charge on any atom is 0.166 e. The fraction of sp³-hybridized carbons (Fsp3) is 0.625. The molecule has 1 heterocycles. The van der Waals surface area contributed by atoms with E-state index in [0.717, 1.165) is 5.82 Å². The Morgan fingerprint density at radius 2 is 2.53 bits per heavy atom. The highest BCUT2D eigenvalue weighted by molar-refractivity contribution is 7.80. The van der Waals surface area contributed by atoms with Gasteiger partial charge >= 0.3 is 0 Å². The summed E-state index contributed by atoms with van der Waals surface area (Å²) in [5.41, 5.74) is 0. The Labute approximate surface area is 93.8 Å². The smallest absolute Gasteiger partial charge is 0.166 e. The summed E-state index contributed by atoms with van der Waals surface area (Å²) in [5.74, 6) is 0.755. The molecule has 0 saturated carbocycles. The van der Waals surface area contributed by atoms with Crippen LogP contribution in [-0.2, 0) is 4.74 Å². The molecule has 0 aliphatic heterocycles. The van der Waals surface area contributed by atoms with Gasteiger partial charge in [0.15, 0.2) is 5.11 Å². The van der Waals surface area contributed by atoms with Gasteiger partial charge in [-0.15, -0.1) is 0 Å². The summed E-state index contributed by atoms with van der Waals surface area (Å²) in [4.78, 5) is 4.02. The molecule has 0 amide bonds. The third kappa shape index (κ3) is 4.22. The number of rotatable bonds is 5. The van der Waals surface area contributed by atoms with Crippen molar-refractivity contribution in [1.82, 2.24) is 25.8 Å². The molecule has 1 atom stereocenters. The Balaban J connectivity index is 2.26. The molecular formula is C8H15N5OS. The molecule has 7 heteroatoms. The number of nitrogens with zero attached hydrogens (tertiary/aromatic N) is 2. The van der Waals surface area contributed by atoms with E-state index >= 15 is 0 Å². The number of nitrogens with one attached hydrogen (secondary N) is 3. The summed E-state index contributed by atoms with van der Waals surface area (Å²) in [6.45, 7) is 3.26. The van der Waals surface area contributed by atoms with Gasteiger partial charge in [-0.1, -0.05) is 0 Å². The average Bonchev–Trinajstić information content (AvgIpc) is 2.70. The van der Waals surface area contributed by atoms with Crippen LogP contribution in [0.1, 0.15) is 18.8 Å². The van der Waals surface area contributed by atoms with Crippen LogP contribution >= 0.6 is 12.2 Å². The van der Waals surface area contributed by atoms with Crippen LogP contribution in [0.15, 0.2) is 6.33 Å². The van der Waals surface area contributed by atoms with E-state index in [1.165, 1.54) is 6.33 Å². The average molecular weight is 229 g/mol. The van der Waals surface area contributed by atoms with Crippen molar-refractivity contribution < 1.29 is 4.74 Å². The minimum absolute atomic E-state index is 0.00930. The Kier molecular flexibility index (Phi) is 4.99. The lowest BCUT2D eigenvalue weighted by Crippen LogP contribution is -2.38. The molecule has 0 aromatic carbocycles. The first-order valence-corrected chi connectivity index (χ1v) is 5.03. The first-order valence-electron chi connectivity index (χ1n) is 4.62. The first kappa shape index (κ1) is 11.9. The molecule has 0 saturated heterocycles. The van der Waals surface area contributed by atoms with Crippen LogP contribution in [-0.4, -0.2) is 40.6 Å². The van der Waals surface area contributed by atoms with E-state index in [9.17, 15) is 0 Å². The van der Waals surface area contributed by atoms with Gasteiger partial charge in [0.05, 0.1) is 12.6 Å². The summed E-state index contributed by atoms with van der Waals surface area (Å²) in [6.07, 6.45) is 1.47. The van der Waals surface area contributed by atoms with E-state index in [1.807, 2.05) is 6.92 Å². The summed E-state index contributed by atoms with van der Waals surface area (Å²) in [5, 5.41) is 13.2. The van der Waals surface area contributed by atoms with Gasteiger partial charge in [0.1, 0.15) is 12.2 Å². The second kappa shape index (κ2) is 6.31. The van der Waals surface area contributed by atoms with E-state index in [-0.39, 0.29) is 6.04 Å². The van der Waals surface area contributed by atoms with Crippen LogP contribution in [0.2, 0.25) is 0 Å². The molecule has 1 aromatic rings. The van der Waals surface area contributed by atoms with Crippen molar-refractivity contribution in [3.05, 3.63) is 12.2 Å². The minimum Gasteiger partial charge on any atom is -0.383 e. The quantitative estimate of drug-likeness (QED) is 0.486. The van der Waals surface area contributed by atoms with Crippen LogP contribution in [0.4, 0.5) is 0 Å². The second-order valence-corrected chi connectivity index (χ2v) is 3.39. The fourth-order valence-corrected chi connectivity index (χ4v) is 1.29. The lowest BCUT2D eigenvalue weighted by molar-refractivity contribution is 0.204. The van der Waals surface area contributed by atoms with E-state index in [0.29, 0.717) is 18.3 Å². The van der Waals surface area contributed by atoms with Crippen molar-refractivity contribution in [1.29, 1.82) is 0 Å². The van der Waals surface area contributed by atoms with Crippen LogP contribution in [0.5, 0.6) is 0 Å². The number of H-pyrrole nitrogens is 1. The van der Waals surface area contributed by atoms with E-state index in [2.05, 4.69) is 25.8 Å². The zero-order valence-corrected chi connectivity index (χ0v) is 9.60. The number of aromatic nitrogens is 3. The maximum atomic E-state index is 5.08. The number of thiocarbonyl (C=S) groups is 1. The van der Waals surface area contributed by atoms with Crippen molar-refractivity contribution in [2.75, 3.05) is 20.3 Å². The highest BCUT2D eigenvalue weighted by Gasteiger charge is 2.08. The lowest BCUT2D eigenvalue weighted by atomic mass is 10.3. The molecular weight excluding hydrogens is 214 g/mol. The fourth-order valence-electron chi connectivity index (χ4n) is 1.01. The SMILES string of the molecule is COCCNC(=S)NC(C)c1ncn[nH]1. The van der Waals surface area contributed by atoms with Crippen molar-refractivity contribution in [2.24, 2.45) is 0 Å². The first-order chi connectivity index (χ1) is 7.24. The molecule has 15 heavy (non-hydrogen) atoms. The van der Waals surface area contributed by atoms with Crippen LogP contribution in [0.3, 0.4) is 0 Å². The molecule has 1 rings (SSSR count). The van der Waals surface area contributed by atoms with E-state index in [4.69, 9.17) is 17.0 Å². The summed E-state index contributed by atoms with van der Waals surface area (Å²) < 4.78 is 4.89. The highest BCUT2D eigenvalue weighted by Crippen LogP contribution is 2.02. The standard InChI is InChI=1S/C8H15N5OS/c1-6(7-10-5-11-13-7)12-8(15)9-3-4-14-2/h5-6H,3-4H2,1-2H3,(H2,9,12,15)(H,10,11,13). The van der Waals surface area contributed by atoms with Crippen LogP contribution in [0, 0.1) is 0 Å². The van der Waals surface area contributed by atoms with Gasteiger partial charge in [-0.25, -0.2) is 4.98 Å². The molecule has 3 N–H and O–H groups in total. The van der Waals surface area contributed by atoms with E-state index < -0.39 is 0 Å². The Morgan fingerprint density at radius 1 is 1.73 bits per heavy atom. The molecule has 1 unspecified atom stereocenters. The predicted molar refractivity (Wildman–Crippen MR) is 60.4 cm³/mol. The molecule has 0 aliphatic rings. The molecule has 0 radical (unpaired) electrons. The molecule has 0 fully saturated rings. The molecule has 1 aromatic heterocycles. The van der Waals surface area contributed by atoms with Crippen LogP contribution in [0.25, 0.3) is 0 Å². The van der Waals surface area contributed by atoms with Crippen molar-refractivity contribution in [2.45, 2.75) is 13.0 Å². The maximum absolute atomic E-state index is 5.08. The third-order valence-electron chi connectivity index (χ3n) is 1.78. The molecule has 84 valence electrons. The topological polar surface area (TPSA) is 74.9 Å². The third-order valence-corrected chi connectivity index (χ3v) is 2.05. The van der Waals surface area contributed by atoms with Crippen molar-refractivity contribution in [3.63, 3.8) is 0 Å². The summed E-state index contributed by atoms with van der Waals surface area (Å²) >= 11 is 5.08. The summed E-state index contributed by atoms with van der Waals surface area (Å²) in [7, 11) is 1.65. The predicted octanol–water partition coefficient (Wildman–Crippen LogP) is -0.0238. The highest BCUT2D eigenvalue weighted by atomic mass is 32.1. The second-order valence-electron chi connectivity index (χ2n) is 2.99. The normalized spacial score (nSPS) is 12.1. The van der Waals surface area contributed by atoms with E-state index in [1.54, 1.807) is 7.11 Å². The largest absolute Gasteiger partial charge is 0.383 e. The van der Waals surface area contributed by atoms with Gasteiger partial charge in [-0.3, -0.25) is 5.10 Å². The Hall–Kier alpha value is -1.21. The lowest BCUT2D eigenvalue weighted by Gasteiger charge is -2.14. The minimum atomic E-state index is 0.00930. The van der Waals surface area contributed by atoms with Gasteiger partial charge in [-0.2, -0.15) is 5.10 Å². The van der Waals surface area contributed by atoms with Crippen molar-refractivity contribution >= 4 is 17.3 Å².